The van der Waals surface area contributed by atoms with Gasteiger partial charge in [0.15, 0.2) is 0 Å². The second kappa shape index (κ2) is 5.98. The van der Waals surface area contributed by atoms with E-state index in [4.69, 9.17) is 4.74 Å². The Kier molecular flexibility index (Phi) is 4.33. The molecular formula is C14H19NO3. The third-order valence-corrected chi connectivity index (χ3v) is 3.35. The van der Waals surface area contributed by atoms with Crippen LogP contribution in [0.15, 0.2) is 24.3 Å². The first kappa shape index (κ1) is 13.1. The Balaban J connectivity index is 2.17. The molecule has 0 aromatic heterocycles. The normalized spacial score (nSPS) is 17.8. The van der Waals surface area contributed by atoms with Gasteiger partial charge >= 0.3 is 5.97 Å². The third kappa shape index (κ3) is 2.89. The molecule has 1 aliphatic heterocycles. The average Bonchev–Trinajstić information content (AvgIpc) is 2.85. The van der Waals surface area contributed by atoms with Crippen molar-refractivity contribution in [3.63, 3.8) is 0 Å². The number of rotatable bonds is 5. The number of hydrogen-bond donors (Lipinski definition) is 1. The smallest absolute Gasteiger partial charge is 0.325 e. The number of nitrogens with zero attached hydrogens (tertiary/aromatic N) is 1. The molecule has 1 aromatic carbocycles. The zero-order chi connectivity index (χ0) is 13.0. The van der Waals surface area contributed by atoms with Gasteiger partial charge in [0.05, 0.1) is 6.61 Å². The second-order valence-corrected chi connectivity index (χ2v) is 4.66. The van der Waals surface area contributed by atoms with Crippen LogP contribution < -0.4 is 0 Å². The molecule has 1 heterocycles. The Labute approximate surface area is 107 Å². The van der Waals surface area contributed by atoms with Crippen molar-refractivity contribution in [1.29, 1.82) is 0 Å². The summed E-state index contributed by atoms with van der Waals surface area (Å²) in [6.45, 7) is 2.30. The third-order valence-electron chi connectivity index (χ3n) is 3.35. The van der Waals surface area contributed by atoms with Crippen molar-refractivity contribution < 1.29 is 14.6 Å². The van der Waals surface area contributed by atoms with Crippen LogP contribution >= 0.6 is 0 Å². The molecule has 0 aliphatic carbocycles. The van der Waals surface area contributed by atoms with Gasteiger partial charge in [0.25, 0.3) is 0 Å². The lowest BCUT2D eigenvalue weighted by atomic mass is 10.0. The number of likely N-dealkylation sites (tertiary alicyclic amines) is 1. The molecule has 1 unspecified atom stereocenters. The van der Waals surface area contributed by atoms with E-state index in [1.54, 1.807) is 7.11 Å². The van der Waals surface area contributed by atoms with Crippen molar-refractivity contribution in [1.82, 2.24) is 4.90 Å². The van der Waals surface area contributed by atoms with Gasteiger partial charge in [-0.1, -0.05) is 24.3 Å². The van der Waals surface area contributed by atoms with Crippen LogP contribution in [-0.2, 0) is 16.1 Å². The number of benzene rings is 1. The summed E-state index contributed by atoms with van der Waals surface area (Å²) in [5.41, 5.74) is 1.91. The van der Waals surface area contributed by atoms with Crippen molar-refractivity contribution in [2.24, 2.45) is 0 Å². The van der Waals surface area contributed by atoms with Gasteiger partial charge in [-0.15, -0.1) is 0 Å². The number of ether oxygens (including phenoxy) is 1. The summed E-state index contributed by atoms with van der Waals surface area (Å²) in [6, 6.07) is 7.15. The maximum atomic E-state index is 11.4. The lowest BCUT2D eigenvalue weighted by Crippen LogP contribution is -2.31. The molecule has 1 N–H and O–H groups in total. The Hall–Kier alpha value is -1.39. The highest BCUT2D eigenvalue weighted by molar-refractivity contribution is 5.75. The first-order valence-electron chi connectivity index (χ1n) is 6.27. The second-order valence-electron chi connectivity index (χ2n) is 4.66. The van der Waals surface area contributed by atoms with Crippen LogP contribution in [0.1, 0.15) is 30.0 Å². The molecule has 1 saturated heterocycles. The van der Waals surface area contributed by atoms with E-state index in [1.165, 1.54) is 0 Å². The van der Waals surface area contributed by atoms with Gasteiger partial charge in [-0.25, -0.2) is 0 Å². The molecule has 18 heavy (non-hydrogen) atoms. The Morgan fingerprint density at radius 2 is 1.94 bits per heavy atom. The van der Waals surface area contributed by atoms with Gasteiger partial charge in [-0.05, 0) is 37.1 Å². The molecule has 1 aromatic rings. The first-order chi connectivity index (χ1) is 8.72. The van der Waals surface area contributed by atoms with E-state index < -0.39 is 12.0 Å². The summed E-state index contributed by atoms with van der Waals surface area (Å²) >= 11 is 0. The molecule has 0 amide bonds. The SMILES string of the molecule is COCc1ccc(C(C(=O)O)N2CCCC2)cc1. The predicted molar refractivity (Wildman–Crippen MR) is 68.3 cm³/mol. The molecule has 4 heteroatoms. The van der Waals surface area contributed by atoms with Gasteiger partial charge in [0.1, 0.15) is 6.04 Å². The molecule has 1 atom stereocenters. The minimum atomic E-state index is -0.767. The molecule has 1 fully saturated rings. The zero-order valence-corrected chi connectivity index (χ0v) is 10.6. The number of methoxy groups -OCH3 is 1. The summed E-state index contributed by atoms with van der Waals surface area (Å²) in [4.78, 5) is 13.5. The predicted octanol–water partition coefficient (Wildman–Crippen LogP) is 2.05. The summed E-state index contributed by atoms with van der Waals surface area (Å²) in [6.07, 6.45) is 2.18. The monoisotopic (exact) mass is 249 g/mol. The fourth-order valence-corrected chi connectivity index (χ4v) is 2.47. The molecule has 2 rings (SSSR count). The zero-order valence-electron chi connectivity index (χ0n) is 10.6. The minimum Gasteiger partial charge on any atom is -0.480 e. The lowest BCUT2D eigenvalue weighted by molar-refractivity contribution is -0.143. The van der Waals surface area contributed by atoms with Crippen LogP contribution in [0.25, 0.3) is 0 Å². The molecule has 0 radical (unpaired) electrons. The molecular weight excluding hydrogens is 230 g/mol. The van der Waals surface area contributed by atoms with E-state index >= 15 is 0 Å². The molecule has 98 valence electrons. The van der Waals surface area contributed by atoms with E-state index in [0.29, 0.717) is 6.61 Å². The van der Waals surface area contributed by atoms with Crippen LogP contribution in [0.3, 0.4) is 0 Å². The van der Waals surface area contributed by atoms with Gasteiger partial charge in [0, 0.05) is 7.11 Å². The van der Waals surface area contributed by atoms with Crippen molar-refractivity contribution in [2.75, 3.05) is 20.2 Å². The highest BCUT2D eigenvalue weighted by Crippen LogP contribution is 2.25. The summed E-state index contributed by atoms with van der Waals surface area (Å²) in [5.74, 6) is -0.767. The summed E-state index contributed by atoms with van der Waals surface area (Å²) in [7, 11) is 1.65. The van der Waals surface area contributed by atoms with Crippen molar-refractivity contribution >= 4 is 5.97 Å². The van der Waals surface area contributed by atoms with Crippen LogP contribution in [0.2, 0.25) is 0 Å². The van der Waals surface area contributed by atoms with E-state index in [-0.39, 0.29) is 0 Å². The van der Waals surface area contributed by atoms with Gasteiger partial charge in [0.2, 0.25) is 0 Å². The van der Waals surface area contributed by atoms with E-state index in [9.17, 15) is 9.90 Å². The quantitative estimate of drug-likeness (QED) is 0.867. The first-order valence-corrected chi connectivity index (χ1v) is 6.27. The average molecular weight is 249 g/mol. The fourth-order valence-electron chi connectivity index (χ4n) is 2.47. The number of carboxylic acid groups (broad SMARTS) is 1. The molecule has 0 spiro atoms. The maximum absolute atomic E-state index is 11.4. The molecule has 4 nitrogen and oxygen atoms in total. The van der Waals surface area contributed by atoms with Gasteiger partial charge in [-0.2, -0.15) is 0 Å². The Morgan fingerprint density at radius 3 is 2.44 bits per heavy atom. The number of aliphatic carboxylic acids is 1. The highest BCUT2D eigenvalue weighted by atomic mass is 16.5. The summed E-state index contributed by atoms with van der Waals surface area (Å²) in [5, 5.41) is 9.39. The lowest BCUT2D eigenvalue weighted by Gasteiger charge is -2.24. The highest BCUT2D eigenvalue weighted by Gasteiger charge is 2.29. The Morgan fingerprint density at radius 1 is 1.33 bits per heavy atom. The van der Waals surface area contributed by atoms with Gasteiger partial charge in [-0.3, -0.25) is 9.69 Å². The van der Waals surface area contributed by atoms with Crippen LogP contribution in [0.4, 0.5) is 0 Å². The number of carbonyl (C=O) groups is 1. The Bertz CT molecular complexity index is 396. The van der Waals surface area contributed by atoms with Crippen LogP contribution in [0.5, 0.6) is 0 Å². The molecule has 0 saturated carbocycles. The topological polar surface area (TPSA) is 49.8 Å². The minimum absolute atomic E-state index is 0.510. The fraction of sp³-hybridized carbons (Fsp3) is 0.500. The van der Waals surface area contributed by atoms with E-state index in [2.05, 4.69) is 0 Å². The van der Waals surface area contributed by atoms with Crippen molar-refractivity contribution in [2.45, 2.75) is 25.5 Å². The van der Waals surface area contributed by atoms with Gasteiger partial charge < -0.3 is 9.84 Å². The maximum Gasteiger partial charge on any atom is 0.325 e. The largest absolute Gasteiger partial charge is 0.480 e. The van der Waals surface area contributed by atoms with E-state index in [1.807, 2.05) is 29.2 Å². The number of carboxylic acids is 1. The molecule has 1 aliphatic rings. The van der Waals surface area contributed by atoms with Crippen molar-refractivity contribution in [3.8, 4) is 0 Å². The van der Waals surface area contributed by atoms with Crippen LogP contribution in [0, 0.1) is 0 Å². The van der Waals surface area contributed by atoms with Crippen molar-refractivity contribution in [3.05, 3.63) is 35.4 Å². The summed E-state index contributed by atoms with van der Waals surface area (Å²) < 4.78 is 5.05. The standard InChI is InChI=1S/C14H19NO3/c1-18-10-11-4-6-12(7-5-11)13(14(16)17)15-8-2-3-9-15/h4-7,13H,2-3,8-10H2,1H3,(H,16,17). The molecule has 0 bridgehead atoms. The van der Waals surface area contributed by atoms with E-state index in [0.717, 1.165) is 37.1 Å². The number of hydrogen-bond acceptors (Lipinski definition) is 3. The van der Waals surface area contributed by atoms with Crippen LogP contribution in [-0.4, -0.2) is 36.2 Å².